The summed E-state index contributed by atoms with van der Waals surface area (Å²) in [6.45, 7) is 8.67. The molecule has 0 bridgehead atoms. The van der Waals surface area contributed by atoms with E-state index in [1.54, 1.807) is 0 Å². The smallest absolute Gasteiger partial charge is 0.0224 e. The van der Waals surface area contributed by atoms with Gasteiger partial charge in [-0.3, -0.25) is 9.80 Å². The Labute approximate surface area is 117 Å². The van der Waals surface area contributed by atoms with Crippen molar-refractivity contribution in [1.29, 1.82) is 0 Å². The van der Waals surface area contributed by atoms with Crippen molar-refractivity contribution in [2.45, 2.75) is 51.2 Å². The highest BCUT2D eigenvalue weighted by Crippen LogP contribution is 2.26. The minimum Gasteiger partial charge on any atom is -0.298 e. The monoisotopic (exact) mass is 258 g/mol. The first-order valence-corrected chi connectivity index (χ1v) is 7.78. The molecule has 104 valence electrons. The molecule has 2 aliphatic rings. The minimum atomic E-state index is 0.653. The summed E-state index contributed by atoms with van der Waals surface area (Å²) >= 11 is 0. The van der Waals surface area contributed by atoms with Crippen molar-refractivity contribution in [1.82, 2.24) is 9.80 Å². The highest BCUT2D eigenvalue weighted by Gasteiger charge is 2.35. The molecule has 2 aliphatic heterocycles. The molecule has 3 unspecified atom stereocenters. The van der Waals surface area contributed by atoms with E-state index in [0.717, 1.165) is 6.04 Å². The summed E-state index contributed by atoms with van der Waals surface area (Å²) < 4.78 is 0. The molecule has 0 radical (unpaired) electrons. The highest BCUT2D eigenvalue weighted by atomic mass is 15.3. The van der Waals surface area contributed by atoms with Crippen LogP contribution in [0, 0.1) is 0 Å². The van der Waals surface area contributed by atoms with Gasteiger partial charge in [0.05, 0.1) is 0 Å². The van der Waals surface area contributed by atoms with Gasteiger partial charge in [-0.1, -0.05) is 30.3 Å². The first-order valence-electron chi connectivity index (χ1n) is 7.78. The molecule has 0 aromatic heterocycles. The van der Waals surface area contributed by atoms with Gasteiger partial charge in [0.25, 0.3) is 0 Å². The van der Waals surface area contributed by atoms with E-state index in [2.05, 4.69) is 54.0 Å². The van der Waals surface area contributed by atoms with Crippen LogP contribution in [0.2, 0.25) is 0 Å². The van der Waals surface area contributed by atoms with Crippen molar-refractivity contribution in [3.8, 4) is 0 Å². The zero-order chi connectivity index (χ0) is 13.2. The average molecular weight is 258 g/mol. The third-order valence-corrected chi connectivity index (χ3v) is 4.93. The predicted molar refractivity (Wildman–Crippen MR) is 80.4 cm³/mol. The maximum atomic E-state index is 2.74. The van der Waals surface area contributed by atoms with Gasteiger partial charge in [0.2, 0.25) is 0 Å². The van der Waals surface area contributed by atoms with Gasteiger partial charge in [-0.2, -0.15) is 0 Å². The molecule has 1 aromatic rings. The molecular weight excluding hydrogens is 232 g/mol. The fraction of sp³-hybridized carbons (Fsp3) is 0.647. The predicted octanol–water partition coefficient (Wildman–Crippen LogP) is 2.79. The fourth-order valence-corrected chi connectivity index (χ4v) is 3.90. The lowest BCUT2D eigenvalue weighted by molar-refractivity contribution is 0.0332. The van der Waals surface area contributed by atoms with E-state index in [4.69, 9.17) is 0 Å². The van der Waals surface area contributed by atoms with Crippen LogP contribution in [0.5, 0.6) is 0 Å². The summed E-state index contributed by atoms with van der Waals surface area (Å²) in [4.78, 5) is 5.44. The second kappa shape index (κ2) is 5.64. The van der Waals surface area contributed by atoms with E-state index in [1.807, 2.05) is 0 Å². The van der Waals surface area contributed by atoms with Crippen LogP contribution in [0.25, 0.3) is 0 Å². The summed E-state index contributed by atoms with van der Waals surface area (Å²) in [5, 5.41) is 0. The molecule has 2 saturated heterocycles. The van der Waals surface area contributed by atoms with Crippen LogP contribution in [-0.4, -0.2) is 47.6 Å². The van der Waals surface area contributed by atoms with E-state index in [1.165, 1.54) is 44.5 Å². The Morgan fingerprint density at radius 3 is 2.79 bits per heavy atom. The first-order chi connectivity index (χ1) is 9.24. The van der Waals surface area contributed by atoms with Crippen LogP contribution >= 0.6 is 0 Å². The Hall–Kier alpha value is -0.860. The molecule has 2 nitrogen and oxygen atoms in total. The van der Waals surface area contributed by atoms with Crippen LogP contribution in [-0.2, 0) is 6.42 Å². The van der Waals surface area contributed by atoms with E-state index in [9.17, 15) is 0 Å². The summed E-state index contributed by atoms with van der Waals surface area (Å²) in [6.07, 6.45) is 3.98. The van der Waals surface area contributed by atoms with Gasteiger partial charge < -0.3 is 0 Å². The number of fused-ring (bicyclic) bond motifs is 1. The molecular formula is C17H26N2. The molecule has 0 amide bonds. The molecule has 1 aromatic carbocycles. The Morgan fingerprint density at radius 1 is 1.21 bits per heavy atom. The maximum Gasteiger partial charge on any atom is 0.0224 e. The summed E-state index contributed by atoms with van der Waals surface area (Å²) in [6, 6.07) is 13.1. The molecule has 2 heterocycles. The Kier molecular flexibility index (Phi) is 3.90. The van der Waals surface area contributed by atoms with Crippen molar-refractivity contribution >= 4 is 0 Å². The largest absolute Gasteiger partial charge is 0.298 e. The Morgan fingerprint density at radius 2 is 2.00 bits per heavy atom. The summed E-state index contributed by atoms with van der Waals surface area (Å²) in [7, 11) is 0. The molecule has 2 fully saturated rings. The Bertz CT molecular complexity index is 403. The lowest BCUT2D eigenvalue weighted by Crippen LogP contribution is -2.57. The van der Waals surface area contributed by atoms with Gasteiger partial charge in [-0.25, -0.2) is 0 Å². The Balaban J connectivity index is 1.64. The summed E-state index contributed by atoms with van der Waals surface area (Å²) in [5.41, 5.74) is 1.47. The average Bonchev–Trinajstić information content (AvgIpc) is 2.86. The number of nitrogens with zero attached hydrogens (tertiary/aromatic N) is 2. The number of hydrogen-bond acceptors (Lipinski definition) is 2. The van der Waals surface area contributed by atoms with Gasteiger partial charge in [0.1, 0.15) is 0 Å². The quantitative estimate of drug-likeness (QED) is 0.822. The third-order valence-electron chi connectivity index (χ3n) is 4.93. The lowest BCUT2D eigenvalue weighted by atomic mass is 10.0. The van der Waals surface area contributed by atoms with Crippen LogP contribution in [0.15, 0.2) is 30.3 Å². The van der Waals surface area contributed by atoms with Gasteiger partial charge in [-0.15, -0.1) is 0 Å². The molecule has 19 heavy (non-hydrogen) atoms. The number of hydrogen-bond donors (Lipinski definition) is 0. The van der Waals surface area contributed by atoms with Gasteiger partial charge in [-0.05, 0) is 45.2 Å². The SMILES string of the molecule is CC(Cc1ccccc1)N1CC2CCCN2CC1C. The summed E-state index contributed by atoms with van der Waals surface area (Å²) in [5.74, 6) is 0. The lowest BCUT2D eigenvalue weighted by Gasteiger charge is -2.45. The topological polar surface area (TPSA) is 6.48 Å². The third kappa shape index (κ3) is 2.85. The molecule has 0 saturated carbocycles. The van der Waals surface area contributed by atoms with E-state index < -0.39 is 0 Å². The van der Waals surface area contributed by atoms with Crippen LogP contribution < -0.4 is 0 Å². The molecule has 0 aliphatic carbocycles. The normalized spacial score (nSPS) is 30.2. The maximum absolute atomic E-state index is 2.74. The molecule has 3 atom stereocenters. The van der Waals surface area contributed by atoms with Gasteiger partial charge >= 0.3 is 0 Å². The molecule has 0 N–H and O–H groups in total. The van der Waals surface area contributed by atoms with Gasteiger partial charge in [0.15, 0.2) is 0 Å². The molecule has 0 spiro atoms. The highest BCUT2D eigenvalue weighted by molar-refractivity contribution is 5.16. The van der Waals surface area contributed by atoms with Crippen molar-refractivity contribution in [3.63, 3.8) is 0 Å². The number of rotatable bonds is 3. The van der Waals surface area contributed by atoms with Crippen LogP contribution in [0.3, 0.4) is 0 Å². The van der Waals surface area contributed by atoms with Crippen molar-refractivity contribution < 1.29 is 0 Å². The zero-order valence-electron chi connectivity index (χ0n) is 12.3. The van der Waals surface area contributed by atoms with E-state index >= 15 is 0 Å². The van der Waals surface area contributed by atoms with Crippen molar-refractivity contribution in [2.24, 2.45) is 0 Å². The van der Waals surface area contributed by atoms with Crippen molar-refractivity contribution in [3.05, 3.63) is 35.9 Å². The number of benzene rings is 1. The van der Waals surface area contributed by atoms with Crippen LogP contribution in [0.4, 0.5) is 0 Å². The van der Waals surface area contributed by atoms with Gasteiger partial charge in [0, 0.05) is 31.2 Å². The molecule has 3 rings (SSSR count). The number of piperazine rings is 1. The second-order valence-electron chi connectivity index (χ2n) is 6.38. The second-order valence-corrected chi connectivity index (χ2v) is 6.38. The van der Waals surface area contributed by atoms with E-state index in [0.29, 0.717) is 12.1 Å². The fourth-order valence-electron chi connectivity index (χ4n) is 3.90. The standard InChI is InChI=1S/C17H26N2/c1-14(11-16-7-4-3-5-8-16)19-13-17-9-6-10-18(17)12-15(19)2/h3-5,7-8,14-15,17H,6,9-13H2,1-2H3. The molecule has 2 heteroatoms. The minimum absolute atomic E-state index is 0.653. The first kappa shape index (κ1) is 13.1. The van der Waals surface area contributed by atoms with Crippen molar-refractivity contribution in [2.75, 3.05) is 19.6 Å². The van der Waals surface area contributed by atoms with Crippen LogP contribution in [0.1, 0.15) is 32.3 Å². The zero-order valence-corrected chi connectivity index (χ0v) is 12.3. The van der Waals surface area contributed by atoms with E-state index in [-0.39, 0.29) is 0 Å².